The lowest BCUT2D eigenvalue weighted by Crippen LogP contribution is -1.95. The van der Waals surface area contributed by atoms with Gasteiger partial charge in [0.2, 0.25) is 0 Å². The molecule has 0 aromatic heterocycles. The van der Waals surface area contributed by atoms with E-state index in [0.29, 0.717) is 0 Å². The highest BCUT2D eigenvalue weighted by atomic mass is 16.1. The second kappa shape index (κ2) is 6.39. The molecule has 0 unspecified atom stereocenters. The third kappa shape index (κ3) is 3.50. The van der Waals surface area contributed by atoms with Crippen LogP contribution in [0.3, 0.4) is 0 Å². The third-order valence-corrected chi connectivity index (χ3v) is 2.79. The Labute approximate surface area is 92.5 Å². The van der Waals surface area contributed by atoms with Crippen molar-refractivity contribution >= 4 is 6.29 Å². The van der Waals surface area contributed by atoms with E-state index in [1.54, 1.807) is 0 Å². The second-order valence-corrected chi connectivity index (χ2v) is 3.96. The number of rotatable bonds is 6. The van der Waals surface area contributed by atoms with Crippen LogP contribution in [0.4, 0.5) is 0 Å². The van der Waals surface area contributed by atoms with Gasteiger partial charge < -0.3 is 0 Å². The Bertz CT molecular complexity index is 315. The van der Waals surface area contributed by atoms with E-state index >= 15 is 0 Å². The summed E-state index contributed by atoms with van der Waals surface area (Å²) in [6.45, 7) is 4.34. The molecule has 0 spiro atoms. The van der Waals surface area contributed by atoms with Crippen molar-refractivity contribution in [3.05, 3.63) is 34.9 Å². The maximum absolute atomic E-state index is 10.9. The van der Waals surface area contributed by atoms with E-state index in [2.05, 4.69) is 19.9 Å². The van der Waals surface area contributed by atoms with Gasteiger partial charge in [-0.15, -0.1) is 0 Å². The SMILES string of the molecule is CCCCCc1cc(CC)ccc1C=O. The molecule has 0 amide bonds. The van der Waals surface area contributed by atoms with Crippen LogP contribution in [0, 0.1) is 0 Å². The zero-order chi connectivity index (χ0) is 11.1. The minimum Gasteiger partial charge on any atom is -0.298 e. The molecule has 1 aromatic carbocycles. The number of aldehydes is 1. The summed E-state index contributed by atoms with van der Waals surface area (Å²) in [6.07, 6.45) is 6.71. The highest BCUT2D eigenvalue weighted by Crippen LogP contribution is 2.14. The summed E-state index contributed by atoms with van der Waals surface area (Å²) in [5.74, 6) is 0. The van der Waals surface area contributed by atoms with E-state index in [1.165, 1.54) is 30.4 Å². The van der Waals surface area contributed by atoms with Crippen molar-refractivity contribution in [3.63, 3.8) is 0 Å². The molecule has 15 heavy (non-hydrogen) atoms. The summed E-state index contributed by atoms with van der Waals surface area (Å²) < 4.78 is 0. The summed E-state index contributed by atoms with van der Waals surface area (Å²) >= 11 is 0. The van der Waals surface area contributed by atoms with Crippen LogP contribution in [0.15, 0.2) is 18.2 Å². The molecule has 1 rings (SSSR count). The van der Waals surface area contributed by atoms with E-state index in [0.717, 1.165) is 24.7 Å². The van der Waals surface area contributed by atoms with Gasteiger partial charge in [0, 0.05) is 5.56 Å². The van der Waals surface area contributed by atoms with Crippen molar-refractivity contribution in [1.29, 1.82) is 0 Å². The van der Waals surface area contributed by atoms with Crippen LogP contribution in [-0.4, -0.2) is 6.29 Å². The van der Waals surface area contributed by atoms with Crippen LogP contribution in [0.1, 0.15) is 54.6 Å². The predicted molar refractivity (Wildman–Crippen MR) is 64.4 cm³/mol. The normalized spacial score (nSPS) is 10.3. The molecule has 0 N–H and O–H groups in total. The minimum atomic E-state index is 0.864. The van der Waals surface area contributed by atoms with Gasteiger partial charge in [0.15, 0.2) is 0 Å². The molecule has 1 nitrogen and oxygen atoms in total. The molecular formula is C14H20O. The van der Waals surface area contributed by atoms with Crippen LogP contribution < -0.4 is 0 Å². The van der Waals surface area contributed by atoms with Gasteiger partial charge in [-0.1, -0.05) is 44.9 Å². The van der Waals surface area contributed by atoms with Crippen LogP contribution in [0.5, 0.6) is 0 Å². The fourth-order valence-electron chi connectivity index (χ4n) is 1.78. The quantitative estimate of drug-likeness (QED) is 0.509. The number of hydrogen-bond acceptors (Lipinski definition) is 1. The summed E-state index contributed by atoms with van der Waals surface area (Å²) in [7, 11) is 0. The molecule has 1 aromatic rings. The molecule has 0 bridgehead atoms. The Morgan fingerprint density at radius 3 is 2.60 bits per heavy atom. The van der Waals surface area contributed by atoms with E-state index in [4.69, 9.17) is 0 Å². The van der Waals surface area contributed by atoms with Crippen molar-refractivity contribution in [2.24, 2.45) is 0 Å². The van der Waals surface area contributed by atoms with Crippen molar-refractivity contribution < 1.29 is 4.79 Å². The molecule has 0 saturated heterocycles. The minimum absolute atomic E-state index is 0.864. The van der Waals surface area contributed by atoms with Crippen LogP contribution in [0.25, 0.3) is 0 Å². The monoisotopic (exact) mass is 204 g/mol. The zero-order valence-electron chi connectivity index (χ0n) is 9.75. The molecule has 82 valence electrons. The number of hydrogen-bond donors (Lipinski definition) is 0. The Balaban J connectivity index is 2.76. The Hall–Kier alpha value is -1.11. The molecule has 0 radical (unpaired) electrons. The van der Waals surface area contributed by atoms with Crippen molar-refractivity contribution in [1.82, 2.24) is 0 Å². The van der Waals surface area contributed by atoms with Gasteiger partial charge in [0.05, 0.1) is 0 Å². The number of benzene rings is 1. The first-order valence-corrected chi connectivity index (χ1v) is 5.88. The van der Waals surface area contributed by atoms with Gasteiger partial charge in [0.25, 0.3) is 0 Å². The fraction of sp³-hybridized carbons (Fsp3) is 0.500. The van der Waals surface area contributed by atoms with E-state index in [-0.39, 0.29) is 0 Å². The van der Waals surface area contributed by atoms with Crippen LogP contribution >= 0.6 is 0 Å². The lowest BCUT2D eigenvalue weighted by molar-refractivity contribution is 0.112. The molecule has 0 saturated carbocycles. The smallest absolute Gasteiger partial charge is 0.150 e. The first-order valence-electron chi connectivity index (χ1n) is 5.88. The van der Waals surface area contributed by atoms with Gasteiger partial charge >= 0.3 is 0 Å². The Morgan fingerprint density at radius 1 is 1.20 bits per heavy atom. The average Bonchev–Trinajstić information content (AvgIpc) is 2.29. The van der Waals surface area contributed by atoms with Crippen molar-refractivity contribution in [2.45, 2.75) is 46.0 Å². The number of carbonyl (C=O) groups excluding carboxylic acids is 1. The van der Waals surface area contributed by atoms with Gasteiger partial charge in [-0.2, -0.15) is 0 Å². The molecule has 0 aliphatic heterocycles. The van der Waals surface area contributed by atoms with Gasteiger partial charge in [-0.05, 0) is 30.4 Å². The molecule has 0 atom stereocenters. The molecule has 0 fully saturated rings. The molecular weight excluding hydrogens is 184 g/mol. The van der Waals surface area contributed by atoms with Gasteiger partial charge in [0.1, 0.15) is 6.29 Å². The molecule has 0 heterocycles. The highest BCUT2D eigenvalue weighted by Gasteiger charge is 2.02. The highest BCUT2D eigenvalue weighted by molar-refractivity contribution is 5.77. The largest absolute Gasteiger partial charge is 0.298 e. The lowest BCUT2D eigenvalue weighted by atomic mass is 9.98. The molecule has 1 heteroatoms. The average molecular weight is 204 g/mol. The maximum Gasteiger partial charge on any atom is 0.150 e. The fourth-order valence-corrected chi connectivity index (χ4v) is 1.78. The summed E-state index contributed by atoms with van der Waals surface area (Å²) in [4.78, 5) is 10.9. The number of aryl methyl sites for hydroxylation is 2. The lowest BCUT2D eigenvalue weighted by Gasteiger charge is -2.06. The first kappa shape index (κ1) is 12.0. The summed E-state index contributed by atoms with van der Waals surface area (Å²) in [5, 5.41) is 0. The van der Waals surface area contributed by atoms with Crippen LogP contribution in [0.2, 0.25) is 0 Å². The van der Waals surface area contributed by atoms with Gasteiger partial charge in [-0.25, -0.2) is 0 Å². The van der Waals surface area contributed by atoms with E-state index in [9.17, 15) is 4.79 Å². The predicted octanol–water partition coefficient (Wildman–Crippen LogP) is 3.79. The molecule has 0 aliphatic carbocycles. The second-order valence-electron chi connectivity index (χ2n) is 3.96. The maximum atomic E-state index is 10.9. The van der Waals surface area contributed by atoms with Crippen molar-refractivity contribution in [2.75, 3.05) is 0 Å². The van der Waals surface area contributed by atoms with Crippen LogP contribution in [-0.2, 0) is 12.8 Å². The Morgan fingerprint density at radius 2 is 2.00 bits per heavy atom. The third-order valence-electron chi connectivity index (χ3n) is 2.79. The summed E-state index contributed by atoms with van der Waals surface area (Å²) in [6, 6.07) is 6.18. The van der Waals surface area contributed by atoms with E-state index in [1.807, 2.05) is 12.1 Å². The number of unbranched alkanes of at least 4 members (excludes halogenated alkanes) is 2. The molecule has 0 aliphatic rings. The zero-order valence-corrected chi connectivity index (χ0v) is 9.75. The Kier molecular flexibility index (Phi) is 5.09. The summed E-state index contributed by atoms with van der Waals surface area (Å²) in [5.41, 5.74) is 3.41. The van der Waals surface area contributed by atoms with Gasteiger partial charge in [-0.3, -0.25) is 4.79 Å². The topological polar surface area (TPSA) is 17.1 Å². The number of carbonyl (C=O) groups is 1. The first-order chi connectivity index (χ1) is 7.31. The van der Waals surface area contributed by atoms with E-state index < -0.39 is 0 Å². The van der Waals surface area contributed by atoms with Crippen molar-refractivity contribution in [3.8, 4) is 0 Å². The standard InChI is InChI=1S/C14H20O/c1-3-5-6-7-13-10-12(4-2)8-9-14(13)11-15/h8-11H,3-7H2,1-2H3.